The lowest BCUT2D eigenvalue weighted by molar-refractivity contribution is 0.648. The maximum absolute atomic E-state index is 11.4. The normalized spacial score (nSPS) is 16.8. The number of nitrogens with two attached hydrogens (primary N) is 1. The zero-order valence-electron chi connectivity index (χ0n) is 7.67. The third-order valence-corrected chi connectivity index (χ3v) is 3.65. The first-order valence-electron chi connectivity index (χ1n) is 4.15. The lowest BCUT2D eigenvalue weighted by atomic mass is 10.3. The van der Waals surface area contributed by atoms with Crippen LogP contribution in [0.25, 0.3) is 0 Å². The minimum Gasteiger partial charge on any atom is -0.330 e. The van der Waals surface area contributed by atoms with E-state index in [0.29, 0.717) is 12.5 Å². The Morgan fingerprint density at radius 3 is 2.27 bits per heavy atom. The van der Waals surface area contributed by atoms with Gasteiger partial charge >= 0.3 is 0 Å². The molecule has 0 aliphatic heterocycles. The summed E-state index contributed by atoms with van der Waals surface area (Å²) in [5.41, 5.74) is 5.36. The summed E-state index contributed by atoms with van der Waals surface area (Å²) in [5, 5.41) is 0.266. The smallest absolute Gasteiger partial charge is 0.0331 e. The predicted octanol–water partition coefficient (Wildman–Crippen LogP) is 1.13. The minimum atomic E-state index is -0.675. The summed E-state index contributed by atoms with van der Waals surface area (Å²) in [5.74, 6) is 1.33. The summed E-state index contributed by atoms with van der Waals surface area (Å²) < 4.78 is 11.4. The van der Waals surface area contributed by atoms with E-state index in [1.165, 1.54) is 0 Å². The van der Waals surface area contributed by atoms with Crippen LogP contribution >= 0.6 is 0 Å². The lowest BCUT2D eigenvalue weighted by Crippen LogP contribution is -2.20. The van der Waals surface area contributed by atoms with Crippen molar-refractivity contribution >= 4 is 10.8 Å². The van der Waals surface area contributed by atoms with E-state index < -0.39 is 10.8 Å². The molecule has 0 saturated carbocycles. The van der Waals surface area contributed by atoms with Crippen molar-refractivity contribution in [3.63, 3.8) is 0 Å². The molecule has 0 fully saturated rings. The molecule has 0 aromatic rings. The topological polar surface area (TPSA) is 43.1 Å². The number of rotatable bonds is 5. The van der Waals surface area contributed by atoms with Crippen LogP contribution in [-0.2, 0) is 10.8 Å². The Kier molecular flexibility index (Phi) is 5.78. The molecule has 2 atom stereocenters. The fourth-order valence-corrected chi connectivity index (χ4v) is 2.24. The molecule has 2 N–H and O–H groups in total. The Bertz CT molecular complexity index is 125. The Morgan fingerprint density at radius 1 is 1.36 bits per heavy atom. The third-order valence-electron chi connectivity index (χ3n) is 1.52. The maximum atomic E-state index is 11.4. The quantitative estimate of drug-likeness (QED) is 0.684. The Labute approximate surface area is 72.0 Å². The summed E-state index contributed by atoms with van der Waals surface area (Å²) in [7, 11) is -0.675. The van der Waals surface area contributed by atoms with Crippen molar-refractivity contribution in [2.45, 2.75) is 32.4 Å². The van der Waals surface area contributed by atoms with Gasteiger partial charge in [-0.25, -0.2) is 0 Å². The summed E-state index contributed by atoms with van der Waals surface area (Å²) >= 11 is 0. The summed E-state index contributed by atoms with van der Waals surface area (Å²) in [6, 6.07) is 0. The van der Waals surface area contributed by atoms with Crippen molar-refractivity contribution in [2.75, 3.05) is 12.3 Å². The molecule has 0 radical (unpaired) electrons. The zero-order valence-corrected chi connectivity index (χ0v) is 8.49. The first-order valence-corrected chi connectivity index (χ1v) is 5.53. The highest BCUT2D eigenvalue weighted by Crippen LogP contribution is 2.04. The standard InChI is InChI=1S/C8H19NOS/c1-7(2)6-11(10)8(3)4-5-9/h7-8H,4-6,9H2,1-3H3. The molecule has 11 heavy (non-hydrogen) atoms. The highest BCUT2D eigenvalue weighted by molar-refractivity contribution is 7.85. The zero-order chi connectivity index (χ0) is 8.85. The van der Waals surface area contributed by atoms with E-state index in [-0.39, 0.29) is 5.25 Å². The van der Waals surface area contributed by atoms with E-state index in [1.807, 2.05) is 6.92 Å². The van der Waals surface area contributed by atoms with Crippen LogP contribution in [0.5, 0.6) is 0 Å². The second-order valence-corrected chi connectivity index (χ2v) is 5.23. The molecule has 2 nitrogen and oxygen atoms in total. The Balaban J connectivity index is 3.64. The summed E-state index contributed by atoms with van der Waals surface area (Å²) in [6.07, 6.45) is 0.874. The molecule has 0 rings (SSSR count). The van der Waals surface area contributed by atoms with Gasteiger partial charge in [0.15, 0.2) is 0 Å². The molecule has 0 aliphatic carbocycles. The highest BCUT2D eigenvalue weighted by Gasteiger charge is 2.10. The van der Waals surface area contributed by atoms with Crippen LogP contribution in [0, 0.1) is 5.92 Å². The molecule has 0 aromatic heterocycles. The molecule has 0 saturated heterocycles. The second kappa shape index (κ2) is 5.72. The van der Waals surface area contributed by atoms with Gasteiger partial charge in [-0.3, -0.25) is 4.21 Å². The van der Waals surface area contributed by atoms with E-state index >= 15 is 0 Å². The first kappa shape index (κ1) is 11.1. The van der Waals surface area contributed by atoms with Crippen molar-refractivity contribution in [3.05, 3.63) is 0 Å². The average molecular weight is 177 g/mol. The number of hydrogen-bond acceptors (Lipinski definition) is 2. The lowest BCUT2D eigenvalue weighted by Gasteiger charge is -2.11. The molecule has 68 valence electrons. The molecule has 0 spiro atoms. The summed E-state index contributed by atoms with van der Waals surface area (Å²) in [4.78, 5) is 0. The van der Waals surface area contributed by atoms with Gasteiger partial charge in [-0.15, -0.1) is 0 Å². The van der Waals surface area contributed by atoms with Crippen molar-refractivity contribution in [3.8, 4) is 0 Å². The summed E-state index contributed by atoms with van der Waals surface area (Å²) in [6.45, 7) is 6.83. The van der Waals surface area contributed by atoms with Crippen LogP contribution in [0.2, 0.25) is 0 Å². The van der Waals surface area contributed by atoms with Gasteiger partial charge in [0.2, 0.25) is 0 Å². The van der Waals surface area contributed by atoms with E-state index in [0.717, 1.165) is 12.2 Å². The molecule has 2 unspecified atom stereocenters. The van der Waals surface area contributed by atoms with E-state index in [1.54, 1.807) is 0 Å². The fraction of sp³-hybridized carbons (Fsp3) is 1.00. The third kappa shape index (κ3) is 5.39. The molecule has 0 aliphatic rings. The molecule has 0 aromatic carbocycles. The Hall–Kier alpha value is 0.110. The SMILES string of the molecule is CC(C)CS(=O)C(C)CCN. The van der Waals surface area contributed by atoms with Gasteiger partial charge in [0.05, 0.1) is 0 Å². The van der Waals surface area contributed by atoms with Gasteiger partial charge in [-0.05, 0) is 18.9 Å². The van der Waals surface area contributed by atoms with Crippen molar-refractivity contribution in [2.24, 2.45) is 11.7 Å². The van der Waals surface area contributed by atoms with Crippen LogP contribution < -0.4 is 5.73 Å². The second-order valence-electron chi connectivity index (χ2n) is 3.33. The molecule has 0 heterocycles. The van der Waals surface area contributed by atoms with Gasteiger partial charge < -0.3 is 5.73 Å². The Morgan fingerprint density at radius 2 is 1.91 bits per heavy atom. The van der Waals surface area contributed by atoms with Crippen LogP contribution in [0.1, 0.15) is 27.2 Å². The first-order chi connectivity index (χ1) is 5.07. The molecule has 3 heteroatoms. The van der Waals surface area contributed by atoms with Crippen LogP contribution in [0.3, 0.4) is 0 Å². The highest BCUT2D eigenvalue weighted by atomic mass is 32.2. The monoisotopic (exact) mass is 177 g/mol. The van der Waals surface area contributed by atoms with Crippen molar-refractivity contribution in [1.82, 2.24) is 0 Å². The molecular formula is C8H19NOS. The van der Waals surface area contributed by atoms with Crippen molar-refractivity contribution in [1.29, 1.82) is 0 Å². The van der Waals surface area contributed by atoms with Gasteiger partial charge in [-0.1, -0.05) is 20.8 Å². The van der Waals surface area contributed by atoms with Crippen LogP contribution in [0.15, 0.2) is 0 Å². The van der Waals surface area contributed by atoms with Crippen LogP contribution in [-0.4, -0.2) is 21.8 Å². The molecule has 0 bridgehead atoms. The van der Waals surface area contributed by atoms with Gasteiger partial charge in [0, 0.05) is 21.8 Å². The van der Waals surface area contributed by atoms with Gasteiger partial charge in [0.25, 0.3) is 0 Å². The van der Waals surface area contributed by atoms with Crippen molar-refractivity contribution < 1.29 is 4.21 Å². The fourth-order valence-electron chi connectivity index (χ4n) is 0.859. The van der Waals surface area contributed by atoms with Gasteiger partial charge in [0.1, 0.15) is 0 Å². The average Bonchev–Trinajstić information content (AvgIpc) is 1.86. The van der Waals surface area contributed by atoms with E-state index in [4.69, 9.17) is 5.73 Å². The van der Waals surface area contributed by atoms with E-state index in [2.05, 4.69) is 13.8 Å². The molecular weight excluding hydrogens is 158 g/mol. The minimum absolute atomic E-state index is 0.266. The van der Waals surface area contributed by atoms with Gasteiger partial charge in [-0.2, -0.15) is 0 Å². The van der Waals surface area contributed by atoms with Crippen LogP contribution in [0.4, 0.5) is 0 Å². The number of hydrogen-bond donors (Lipinski definition) is 1. The molecule has 0 amide bonds. The predicted molar refractivity (Wildman–Crippen MR) is 51.0 cm³/mol. The van der Waals surface area contributed by atoms with E-state index in [9.17, 15) is 4.21 Å². The largest absolute Gasteiger partial charge is 0.330 e. The maximum Gasteiger partial charge on any atom is 0.0331 e.